The Hall–Kier alpha value is -6.83. The summed E-state index contributed by atoms with van der Waals surface area (Å²) in [6.45, 7) is 0. The van der Waals surface area contributed by atoms with Crippen molar-refractivity contribution in [1.29, 1.82) is 0 Å². The molecule has 2 aromatic heterocycles. The Balaban J connectivity index is 1.05. The smallest absolute Gasteiger partial charge is 0.201 e. The van der Waals surface area contributed by atoms with Gasteiger partial charge in [0.1, 0.15) is 18.2 Å². The number of hydrogen-bond acceptors (Lipinski definition) is 5. The molecule has 7 heteroatoms. The first-order valence-electron chi connectivity index (χ1n) is 18.2. The summed E-state index contributed by atoms with van der Waals surface area (Å²) in [5.74, 6) is 0.897. The van der Waals surface area contributed by atoms with Crippen molar-refractivity contribution < 1.29 is 0 Å². The lowest BCUT2D eigenvalue weighted by Gasteiger charge is -2.37. The van der Waals surface area contributed by atoms with Crippen molar-refractivity contribution in [2.75, 3.05) is 0 Å². The highest BCUT2D eigenvalue weighted by Crippen LogP contribution is 2.40. The maximum atomic E-state index is 5.15. The van der Waals surface area contributed by atoms with Gasteiger partial charge in [0.05, 0.1) is 34.0 Å². The summed E-state index contributed by atoms with van der Waals surface area (Å²) < 4.78 is 4.73. The van der Waals surface area contributed by atoms with Gasteiger partial charge >= 0.3 is 0 Å². The second-order valence-electron chi connectivity index (χ2n) is 13.8. The van der Waals surface area contributed by atoms with Gasteiger partial charge in [-0.3, -0.25) is 5.32 Å². The molecule has 3 atom stereocenters. The van der Waals surface area contributed by atoms with Gasteiger partial charge in [-0.25, -0.2) is 4.99 Å². The van der Waals surface area contributed by atoms with Crippen LogP contribution in [-0.4, -0.2) is 15.3 Å². The third-order valence-electron chi connectivity index (χ3n) is 10.8. The molecule has 0 saturated carbocycles. The molecule has 7 aromatic carbocycles. The molecule has 1 fully saturated rings. The Bertz CT molecular complexity index is 2920. The molecule has 2 aliphatic rings. The van der Waals surface area contributed by atoms with Crippen LogP contribution < -0.4 is 21.3 Å². The van der Waals surface area contributed by atoms with E-state index in [1.165, 1.54) is 48.9 Å². The molecule has 0 bridgehead atoms. The Morgan fingerprint density at radius 2 is 1.11 bits per heavy atom. The molecule has 2 aliphatic heterocycles. The molecule has 11 rings (SSSR count). The quantitative estimate of drug-likeness (QED) is 0.149. The average Bonchev–Trinajstić information content (AvgIpc) is 3.93. The van der Waals surface area contributed by atoms with Crippen LogP contribution in [0.1, 0.15) is 29.7 Å². The molecule has 7 nitrogen and oxygen atoms in total. The molecule has 0 radical (unpaired) electrons. The summed E-state index contributed by atoms with van der Waals surface area (Å²) >= 11 is 0. The fourth-order valence-corrected chi connectivity index (χ4v) is 8.44. The number of nitrogens with one attached hydrogen (secondary N) is 4. The van der Waals surface area contributed by atoms with Crippen LogP contribution in [0.4, 0.5) is 0 Å². The highest BCUT2D eigenvalue weighted by Gasteiger charge is 2.30. The van der Waals surface area contributed by atoms with E-state index in [0.29, 0.717) is 0 Å². The number of fused-ring (bicyclic) bond motifs is 7. The number of allylic oxidation sites excluding steroid dienone is 1. The summed E-state index contributed by atoms with van der Waals surface area (Å²) in [6.07, 6.45) is 1.34. The summed E-state index contributed by atoms with van der Waals surface area (Å²) in [5, 5.41) is 22.5. The second-order valence-corrected chi connectivity index (χ2v) is 13.8. The second kappa shape index (κ2) is 11.9. The normalized spacial score (nSPS) is 20.0. The fraction of sp³-hybridized carbons (Fsp3) is 0.0652. The molecule has 53 heavy (non-hydrogen) atoms. The van der Waals surface area contributed by atoms with Crippen molar-refractivity contribution in [1.82, 2.24) is 30.4 Å². The lowest BCUT2D eigenvalue weighted by Crippen LogP contribution is -2.52. The average molecular weight is 686 g/mol. The van der Waals surface area contributed by atoms with Crippen LogP contribution in [0.25, 0.3) is 60.1 Å². The number of aliphatic imine (C=N–C) groups is 1. The zero-order valence-corrected chi connectivity index (χ0v) is 28.7. The van der Waals surface area contributed by atoms with Crippen molar-refractivity contribution in [2.24, 2.45) is 4.99 Å². The first-order chi connectivity index (χ1) is 26.3. The van der Waals surface area contributed by atoms with Crippen molar-refractivity contribution in [3.05, 3.63) is 186 Å². The molecule has 0 spiro atoms. The lowest BCUT2D eigenvalue weighted by atomic mass is 10.0. The van der Waals surface area contributed by atoms with Gasteiger partial charge < -0.3 is 25.1 Å². The van der Waals surface area contributed by atoms with Crippen LogP contribution >= 0.6 is 0 Å². The van der Waals surface area contributed by atoms with Crippen molar-refractivity contribution in [3.8, 4) is 5.69 Å². The van der Waals surface area contributed by atoms with E-state index in [9.17, 15) is 0 Å². The minimum Gasteiger partial charge on any atom is -0.351 e. The molecular weight excluding hydrogens is 651 g/mol. The number of hydrogen-bond donors (Lipinski definition) is 4. The van der Waals surface area contributed by atoms with Gasteiger partial charge in [0, 0.05) is 27.2 Å². The van der Waals surface area contributed by atoms with Gasteiger partial charge in [0.25, 0.3) is 0 Å². The van der Waals surface area contributed by atoms with E-state index >= 15 is 0 Å². The monoisotopic (exact) mass is 685 g/mol. The largest absolute Gasteiger partial charge is 0.351 e. The molecule has 3 unspecified atom stereocenters. The molecule has 4 heterocycles. The van der Waals surface area contributed by atoms with Crippen LogP contribution in [0.15, 0.2) is 180 Å². The minimum atomic E-state index is -0.350. The van der Waals surface area contributed by atoms with Gasteiger partial charge in [-0.1, -0.05) is 127 Å². The summed E-state index contributed by atoms with van der Waals surface area (Å²) in [5.41, 5.74) is 9.02. The SMILES string of the molecule is C1=NC(n2c3ccccc3c3cc4c5ccccc5n(-c5ccccc5)c4cc32)NC1=C1NC(c2ccccc2)NC(c2cccc3ccccc23)N1. The Labute approximate surface area is 305 Å². The van der Waals surface area contributed by atoms with Gasteiger partial charge in [-0.05, 0) is 58.3 Å². The summed E-state index contributed by atoms with van der Waals surface area (Å²) in [4.78, 5) is 5.15. The van der Waals surface area contributed by atoms with Crippen LogP contribution in [0.3, 0.4) is 0 Å². The molecule has 0 amide bonds. The Morgan fingerprint density at radius 1 is 0.472 bits per heavy atom. The zero-order chi connectivity index (χ0) is 34.9. The van der Waals surface area contributed by atoms with Gasteiger partial charge in [0.2, 0.25) is 6.29 Å². The Kier molecular flexibility index (Phi) is 6.69. The molecule has 1 saturated heterocycles. The number of aromatic nitrogens is 2. The highest BCUT2D eigenvalue weighted by molar-refractivity contribution is 6.18. The van der Waals surface area contributed by atoms with E-state index in [0.717, 1.165) is 33.8 Å². The van der Waals surface area contributed by atoms with E-state index in [1.807, 2.05) is 6.21 Å². The summed E-state index contributed by atoms with van der Waals surface area (Å²) in [7, 11) is 0. The fourth-order valence-electron chi connectivity index (χ4n) is 8.44. The van der Waals surface area contributed by atoms with Gasteiger partial charge in [-0.2, -0.15) is 0 Å². The lowest BCUT2D eigenvalue weighted by molar-refractivity contribution is 0.308. The van der Waals surface area contributed by atoms with Crippen LogP contribution in [0.5, 0.6) is 0 Å². The molecule has 9 aromatic rings. The summed E-state index contributed by atoms with van der Waals surface area (Å²) in [6, 6.07) is 58.4. The highest BCUT2D eigenvalue weighted by atomic mass is 15.4. The van der Waals surface area contributed by atoms with E-state index < -0.39 is 0 Å². The molecule has 254 valence electrons. The third-order valence-corrected chi connectivity index (χ3v) is 10.8. The number of para-hydroxylation sites is 3. The molecular formula is C46H35N7. The van der Waals surface area contributed by atoms with Crippen LogP contribution in [0.2, 0.25) is 0 Å². The Morgan fingerprint density at radius 3 is 1.94 bits per heavy atom. The number of rotatable bonds is 4. The molecule has 0 aliphatic carbocycles. The predicted octanol–water partition coefficient (Wildman–Crippen LogP) is 9.52. The standard InChI is InChI=1S/C46H35N7/c1-3-15-30(16-4-1)43-49-44(35-23-13-17-29-14-7-8-20-32(29)35)51-45(50-43)38-28-47-46(48-38)53-40-25-12-10-22-34(40)37-26-36-33-21-9-11-24-39(33)52(41(36)27-42(37)53)31-18-5-2-6-19-31/h1-28,43-44,46,48-51H. The van der Waals surface area contributed by atoms with E-state index in [1.54, 1.807) is 0 Å². The van der Waals surface area contributed by atoms with Crippen molar-refractivity contribution in [3.63, 3.8) is 0 Å². The van der Waals surface area contributed by atoms with Crippen LogP contribution in [-0.2, 0) is 0 Å². The zero-order valence-electron chi connectivity index (χ0n) is 28.7. The molecule has 4 N–H and O–H groups in total. The van der Waals surface area contributed by atoms with Crippen LogP contribution in [0, 0.1) is 0 Å². The van der Waals surface area contributed by atoms with Crippen molar-refractivity contribution >= 4 is 60.6 Å². The topological polar surface area (TPSA) is 70.3 Å². The maximum absolute atomic E-state index is 5.15. The number of nitrogens with zero attached hydrogens (tertiary/aromatic N) is 3. The van der Waals surface area contributed by atoms with E-state index in [2.05, 4.69) is 194 Å². The predicted molar refractivity (Wildman–Crippen MR) is 217 cm³/mol. The van der Waals surface area contributed by atoms with Crippen molar-refractivity contribution in [2.45, 2.75) is 18.6 Å². The number of benzene rings is 7. The van der Waals surface area contributed by atoms with E-state index in [4.69, 9.17) is 4.99 Å². The van der Waals surface area contributed by atoms with E-state index in [-0.39, 0.29) is 18.6 Å². The minimum absolute atomic E-state index is 0.125. The van der Waals surface area contributed by atoms with Gasteiger partial charge in [0.15, 0.2) is 0 Å². The van der Waals surface area contributed by atoms with Gasteiger partial charge in [-0.15, -0.1) is 0 Å². The maximum Gasteiger partial charge on any atom is 0.201 e. The first-order valence-corrected chi connectivity index (χ1v) is 18.2. The third kappa shape index (κ3) is 4.75. The first kappa shape index (κ1) is 29.9.